The number of fused-ring (bicyclic) bond motifs is 1. The van der Waals surface area contributed by atoms with E-state index in [-0.39, 0.29) is 21.1 Å². The van der Waals surface area contributed by atoms with Crippen molar-refractivity contribution in [1.82, 2.24) is 4.73 Å². The van der Waals surface area contributed by atoms with Gasteiger partial charge >= 0.3 is 5.03 Å². The lowest BCUT2D eigenvalue weighted by Gasteiger charge is -2.16. The summed E-state index contributed by atoms with van der Waals surface area (Å²) in [6.07, 6.45) is 0. The van der Waals surface area contributed by atoms with Gasteiger partial charge in [0, 0.05) is 15.9 Å². The largest absolute Gasteiger partial charge is 0.805 e. The molecule has 22 heavy (non-hydrogen) atoms. The molecule has 0 amide bonds. The minimum absolute atomic E-state index is 0.188. The van der Waals surface area contributed by atoms with E-state index in [2.05, 4.69) is 0 Å². The van der Waals surface area contributed by atoms with E-state index in [1.807, 2.05) is 30.3 Å². The molecule has 3 rings (SSSR count). The van der Waals surface area contributed by atoms with Crippen LogP contribution in [0.4, 0.5) is 0 Å². The third-order valence-corrected chi connectivity index (χ3v) is 5.10. The molecule has 0 unspecified atom stereocenters. The molecule has 0 radical (unpaired) electrons. The van der Waals surface area contributed by atoms with Crippen molar-refractivity contribution in [3.63, 3.8) is 0 Å². The number of hydrogen-bond acceptors (Lipinski definition) is 3. The first-order chi connectivity index (χ1) is 10.5. The molecule has 3 aromatic rings. The fourth-order valence-electron chi connectivity index (χ4n) is 2.09. The van der Waals surface area contributed by atoms with Gasteiger partial charge in [-0.25, -0.2) is 0 Å². The predicted molar refractivity (Wildman–Crippen MR) is 89.4 cm³/mol. The number of nitrogens with zero attached hydrogens (tertiary/aromatic N) is 2. The number of benzene rings is 2. The molecule has 0 aliphatic carbocycles. The highest BCUT2D eigenvalue weighted by Gasteiger charge is 2.22. The smallest absolute Gasteiger partial charge is 0.320 e. The van der Waals surface area contributed by atoms with Crippen LogP contribution in [0.15, 0.2) is 52.4 Å². The Morgan fingerprint density at radius 3 is 2.45 bits per heavy atom. The molecule has 112 valence electrons. The van der Waals surface area contributed by atoms with Gasteiger partial charge in [-0.15, -0.1) is 0 Å². The van der Waals surface area contributed by atoms with Gasteiger partial charge in [-0.2, -0.15) is 0 Å². The zero-order chi connectivity index (χ0) is 15.9. The summed E-state index contributed by atoms with van der Waals surface area (Å²) in [6.45, 7) is 1.61. The van der Waals surface area contributed by atoms with Crippen LogP contribution in [0, 0.1) is 17.0 Å². The Morgan fingerprint density at radius 2 is 1.77 bits per heavy atom. The summed E-state index contributed by atoms with van der Waals surface area (Å²) >= 11 is 13.1. The lowest BCUT2D eigenvalue weighted by Crippen LogP contribution is -2.23. The predicted octanol–water partition coefficient (Wildman–Crippen LogP) is 4.67. The maximum absolute atomic E-state index is 12.6. The maximum Gasteiger partial charge on any atom is 0.320 e. The van der Waals surface area contributed by atoms with Gasteiger partial charge in [0.15, 0.2) is 0 Å². The lowest BCUT2D eigenvalue weighted by molar-refractivity contribution is -0.510. The zero-order valence-corrected chi connectivity index (χ0v) is 13.7. The van der Waals surface area contributed by atoms with Crippen molar-refractivity contribution >= 4 is 46.0 Å². The molecule has 7 heteroatoms. The minimum Gasteiger partial charge on any atom is -0.805 e. The Hall–Kier alpha value is -1.69. The summed E-state index contributed by atoms with van der Waals surface area (Å²) in [5, 5.41) is 13.2. The summed E-state index contributed by atoms with van der Waals surface area (Å²) in [5.74, 6) is 0. The SMILES string of the molecule is Cc1c(Sc2ccccc2)[n+](=O)c2cc(Cl)c(Cl)cc2n1[O-]. The second-order valence-corrected chi connectivity index (χ2v) is 6.53. The van der Waals surface area contributed by atoms with Gasteiger partial charge in [-0.1, -0.05) is 41.4 Å². The molecular weight excluding hydrogens is 343 g/mol. The molecule has 4 nitrogen and oxygen atoms in total. The Labute approximate surface area is 140 Å². The van der Waals surface area contributed by atoms with E-state index in [1.54, 1.807) is 6.92 Å². The zero-order valence-electron chi connectivity index (χ0n) is 11.4. The molecule has 2 aromatic carbocycles. The van der Waals surface area contributed by atoms with E-state index < -0.39 is 0 Å². The number of aromatic nitrogens is 2. The van der Waals surface area contributed by atoms with Crippen LogP contribution in [0.25, 0.3) is 11.0 Å². The second-order valence-electron chi connectivity index (χ2n) is 4.65. The summed E-state index contributed by atoms with van der Waals surface area (Å²) in [7, 11) is 0. The lowest BCUT2D eigenvalue weighted by atomic mass is 10.3. The van der Waals surface area contributed by atoms with Crippen LogP contribution >= 0.6 is 35.0 Å². The van der Waals surface area contributed by atoms with Gasteiger partial charge < -0.3 is 9.94 Å². The molecular formula is C15H10Cl2N2O2S. The van der Waals surface area contributed by atoms with Gasteiger partial charge in [0.05, 0.1) is 20.2 Å². The van der Waals surface area contributed by atoms with E-state index in [9.17, 15) is 10.1 Å². The normalized spacial score (nSPS) is 11.0. The van der Waals surface area contributed by atoms with Gasteiger partial charge in [0.2, 0.25) is 0 Å². The molecule has 0 bridgehead atoms. The van der Waals surface area contributed by atoms with E-state index in [0.29, 0.717) is 15.5 Å². The first-order valence-corrected chi connectivity index (χ1v) is 7.93. The third-order valence-electron chi connectivity index (χ3n) is 3.21. The van der Waals surface area contributed by atoms with Crippen molar-refractivity contribution < 1.29 is 4.43 Å². The summed E-state index contributed by atoms with van der Waals surface area (Å²) in [6, 6.07) is 12.2. The standard InChI is InChI=1S/C15H10Cl2N2O2S/c1-9-15(22-10-5-3-2-4-6-10)19(21)14-8-12(17)11(16)7-13(14)18(9)20/h2-8H,1H3. The number of rotatable bonds is 2. The van der Waals surface area contributed by atoms with Crippen molar-refractivity contribution in [2.45, 2.75) is 16.8 Å². The van der Waals surface area contributed by atoms with Crippen LogP contribution < -0.4 is 4.43 Å². The molecule has 0 N–H and O–H groups in total. The summed E-state index contributed by atoms with van der Waals surface area (Å²) < 4.78 is 1.43. The highest BCUT2D eigenvalue weighted by Crippen LogP contribution is 2.31. The van der Waals surface area contributed by atoms with Gasteiger partial charge in [0.25, 0.3) is 5.52 Å². The van der Waals surface area contributed by atoms with Crippen molar-refractivity contribution in [3.05, 3.63) is 68.3 Å². The summed E-state index contributed by atoms with van der Waals surface area (Å²) in [4.78, 5) is 13.5. The van der Waals surface area contributed by atoms with Gasteiger partial charge in [0.1, 0.15) is 5.52 Å². The van der Waals surface area contributed by atoms with E-state index >= 15 is 0 Å². The molecule has 0 spiro atoms. The van der Waals surface area contributed by atoms with E-state index in [0.717, 1.165) is 9.32 Å². The van der Waals surface area contributed by atoms with Crippen molar-refractivity contribution in [3.8, 4) is 0 Å². The first kappa shape index (κ1) is 15.2. The van der Waals surface area contributed by atoms with Crippen LogP contribution in [0.3, 0.4) is 0 Å². The Balaban J connectivity index is 2.28. The summed E-state index contributed by atoms with van der Waals surface area (Å²) in [5.41, 5.74) is 0.697. The molecule has 0 saturated carbocycles. The van der Waals surface area contributed by atoms with Crippen LogP contribution in [0.5, 0.6) is 0 Å². The average Bonchev–Trinajstić information content (AvgIpc) is 2.52. The van der Waals surface area contributed by atoms with Crippen molar-refractivity contribution in [2.75, 3.05) is 0 Å². The fraction of sp³-hybridized carbons (Fsp3) is 0.0667. The van der Waals surface area contributed by atoms with Crippen LogP contribution in [-0.4, -0.2) is 4.73 Å². The topological polar surface area (TPSA) is 51.0 Å². The highest BCUT2D eigenvalue weighted by molar-refractivity contribution is 7.99. The first-order valence-electron chi connectivity index (χ1n) is 6.36. The maximum atomic E-state index is 12.6. The molecule has 0 saturated heterocycles. The quantitative estimate of drug-likeness (QED) is 0.629. The average molecular weight is 353 g/mol. The Morgan fingerprint density at radius 1 is 1.14 bits per heavy atom. The second kappa shape index (κ2) is 5.83. The Kier molecular flexibility index (Phi) is 4.04. The monoisotopic (exact) mass is 352 g/mol. The highest BCUT2D eigenvalue weighted by atomic mass is 35.5. The van der Waals surface area contributed by atoms with Crippen molar-refractivity contribution in [2.24, 2.45) is 0 Å². The van der Waals surface area contributed by atoms with Crippen LogP contribution in [0.1, 0.15) is 5.69 Å². The fourth-order valence-corrected chi connectivity index (χ4v) is 3.33. The van der Waals surface area contributed by atoms with Gasteiger partial charge in [-0.05, 0) is 36.9 Å². The molecule has 0 fully saturated rings. The molecule has 0 aliphatic heterocycles. The molecule has 1 heterocycles. The molecule has 0 aliphatic rings. The number of halogens is 2. The van der Waals surface area contributed by atoms with Crippen molar-refractivity contribution in [1.29, 1.82) is 0 Å². The molecule has 0 atom stereocenters. The number of hydrogen-bond donors (Lipinski definition) is 0. The van der Waals surface area contributed by atoms with E-state index in [4.69, 9.17) is 23.2 Å². The third kappa shape index (κ3) is 2.56. The van der Waals surface area contributed by atoms with Crippen LogP contribution in [-0.2, 0) is 0 Å². The van der Waals surface area contributed by atoms with Gasteiger partial charge in [-0.3, -0.25) is 0 Å². The minimum atomic E-state index is 0.188. The molecule has 1 aromatic heterocycles. The van der Waals surface area contributed by atoms with E-state index in [1.165, 1.54) is 23.9 Å². The Bertz CT molecular complexity index is 926. The van der Waals surface area contributed by atoms with Crippen LogP contribution in [0.2, 0.25) is 10.0 Å².